The van der Waals surface area contributed by atoms with Gasteiger partial charge in [-0.3, -0.25) is 4.99 Å². The average Bonchev–Trinajstić information content (AvgIpc) is 2.33. The maximum absolute atomic E-state index is 12.4. The summed E-state index contributed by atoms with van der Waals surface area (Å²) in [6, 6.07) is 2.87. The number of alkyl halides is 2. The van der Waals surface area contributed by atoms with Gasteiger partial charge in [0, 0.05) is 38.3 Å². The number of rotatable bonds is 4. The molecule has 0 aliphatic rings. The van der Waals surface area contributed by atoms with E-state index in [2.05, 4.69) is 15.0 Å². The van der Waals surface area contributed by atoms with Crippen molar-refractivity contribution in [2.24, 2.45) is 4.99 Å². The van der Waals surface area contributed by atoms with Crippen LogP contribution in [-0.4, -0.2) is 38.6 Å². The number of nitrogens with one attached hydrogen (secondary N) is 1. The highest BCUT2D eigenvalue weighted by Gasteiger charge is 2.15. The molecule has 0 unspecified atom stereocenters. The maximum Gasteiger partial charge on any atom is 0.387 e. The minimum Gasteiger partial charge on any atom is -0.433 e. The molecule has 20 heavy (non-hydrogen) atoms. The lowest BCUT2D eigenvalue weighted by Gasteiger charge is -2.18. The van der Waals surface area contributed by atoms with E-state index in [1.54, 1.807) is 26.0 Å². The van der Waals surface area contributed by atoms with Crippen LogP contribution in [0, 0.1) is 0 Å². The number of ether oxygens (including phenoxy) is 1. The molecule has 0 saturated heterocycles. The highest BCUT2D eigenvalue weighted by atomic mass is 35.5. The first-order chi connectivity index (χ1) is 9.35. The fourth-order valence-electron chi connectivity index (χ4n) is 1.58. The smallest absolute Gasteiger partial charge is 0.387 e. The predicted octanol–water partition coefficient (Wildman–Crippen LogP) is 3.23. The zero-order chi connectivity index (χ0) is 15.3. The summed E-state index contributed by atoms with van der Waals surface area (Å²) in [6.07, 6.45) is 0. The Morgan fingerprint density at radius 1 is 1.40 bits per heavy atom. The third-order valence-electron chi connectivity index (χ3n) is 2.36. The van der Waals surface area contributed by atoms with E-state index in [4.69, 9.17) is 23.2 Å². The van der Waals surface area contributed by atoms with Crippen LogP contribution in [0.25, 0.3) is 0 Å². The quantitative estimate of drug-likeness (QED) is 0.682. The third kappa shape index (κ3) is 4.68. The lowest BCUT2D eigenvalue weighted by atomic mass is 10.2. The number of nitrogens with zero attached hydrogens (tertiary/aromatic N) is 2. The summed E-state index contributed by atoms with van der Waals surface area (Å²) in [5.74, 6) is 0.497. The monoisotopic (exact) mass is 325 g/mol. The van der Waals surface area contributed by atoms with Crippen LogP contribution in [0.15, 0.2) is 17.1 Å². The molecular formula is C12H15Cl2F2N3O. The number of benzene rings is 1. The van der Waals surface area contributed by atoms with Gasteiger partial charge in [-0.15, -0.1) is 0 Å². The SMILES string of the molecule is CN=C(NCc1cc(Cl)cc(Cl)c1OC(F)F)N(C)C. The van der Waals surface area contributed by atoms with Crippen LogP contribution in [-0.2, 0) is 6.54 Å². The second-order valence-electron chi connectivity index (χ2n) is 4.05. The highest BCUT2D eigenvalue weighted by Crippen LogP contribution is 2.33. The van der Waals surface area contributed by atoms with Crippen molar-refractivity contribution in [2.75, 3.05) is 21.1 Å². The molecule has 112 valence electrons. The van der Waals surface area contributed by atoms with Crippen molar-refractivity contribution in [1.29, 1.82) is 0 Å². The van der Waals surface area contributed by atoms with Crippen LogP contribution < -0.4 is 10.1 Å². The van der Waals surface area contributed by atoms with Gasteiger partial charge in [0.15, 0.2) is 5.96 Å². The summed E-state index contributed by atoms with van der Waals surface area (Å²) in [4.78, 5) is 5.76. The first-order valence-electron chi connectivity index (χ1n) is 5.65. The minimum absolute atomic E-state index is 0.0365. The van der Waals surface area contributed by atoms with Crippen molar-refractivity contribution in [2.45, 2.75) is 13.2 Å². The molecule has 0 amide bonds. The standard InChI is InChI=1S/C12H15Cl2F2N3O/c1-17-12(19(2)3)18-6-7-4-8(13)5-9(14)10(7)20-11(15)16/h4-5,11H,6H2,1-3H3,(H,17,18). The van der Waals surface area contributed by atoms with E-state index in [1.807, 2.05) is 0 Å². The van der Waals surface area contributed by atoms with E-state index < -0.39 is 6.61 Å². The number of hydrogen-bond donors (Lipinski definition) is 1. The Hall–Kier alpha value is -1.27. The molecule has 0 aliphatic heterocycles. The van der Waals surface area contributed by atoms with Gasteiger partial charge >= 0.3 is 6.61 Å². The molecule has 4 nitrogen and oxygen atoms in total. The average molecular weight is 326 g/mol. The van der Waals surface area contributed by atoms with Crippen molar-refractivity contribution < 1.29 is 13.5 Å². The van der Waals surface area contributed by atoms with Gasteiger partial charge in [0.05, 0.1) is 5.02 Å². The molecule has 0 fully saturated rings. The van der Waals surface area contributed by atoms with Gasteiger partial charge in [0.1, 0.15) is 5.75 Å². The Morgan fingerprint density at radius 3 is 2.55 bits per heavy atom. The van der Waals surface area contributed by atoms with Crippen LogP contribution >= 0.6 is 23.2 Å². The molecular weight excluding hydrogens is 311 g/mol. The van der Waals surface area contributed by atoms with Crippen LogP contribution in [0.1, 0.15) is 5.56 Å². The van der Waals surface area contributed by atoms with Crippen LogP contribution in [0.4, 0.5) is 8.78 Å². The van der Waals surface area contributed by atoms with E-state index in [1.165, 1.54) is 12.1 Å². The number of aliphatic imine (C=N–C) groups is 1. The van der Waals surface area contributed by atoms with Crippen molar-refractivity contribution in [3.63, 3.8) is 0 Å². The molecule has 1 aromatic rings. The van der Waals surface area contributed by atoms with E-state index in [-0.39, 0.29) is 17.3 Å². The molecule has 0 bridgehead atoms. The van der Waals surface area contributed by atoms with Crippen molar-refractivity contribution >= 4 is 29.2 Å². The van der Waals surface area contributed by atoms with Crippen LogP contribution in [0.2, 0.25) is 10.0 Å². The molecule has 0 atom stereocenters. The van der Waals surface area contributed by atoms with Gasteiger partial charge in [0.25, 0.3) is 0 Å². The number of guanidine groups is 1. The predicted molar refractivity (Wildman–Crippen MR) is 77.0 cm³/mol. The largest absolute Gasteiger partial charge is 0.433 e. The Balaban J connectivity index is 2.98. The Kier molecular flexibility index (Phi) is 6.29. The Bertz CT molecular complexity index is 496. The van der Waals surface area contributed by atoms with Gasteiger partial charge in [-0.2, -0.15) is 8.78 Å². The lowest BCUT2D eigenvalue weighted by molar-refractivity contribution is -0.0504. The minimum atomic E-state index is -2.96. The van der Waals surface area contributed by atoms with Crippen molar-refractivity contribution in [3.05, 3.63) is 27.7 Å². The maximum atomic E-state index is 12.4. The highest BCUT2D eigenvalue weighted by molar-refractivity contribution is 6.35. The van der Waals surface area contributed by atoms with Gasteiger partial charge in [0.2, 0.25) is 0 Å². The lowest BCUT2D eigenvalue weighted by Crippen LogP contribution is -2.35. The molecule has 0 heterocycles. The van der Waals surface area contributed by atoms with Gasteiger partial charge < -0.3 is 15.0 Å². The third-order valence-corrected chi connectivity index (χ3v) is 2.86. The van der Waals surface area contributed by atoms with Crippen molar-refractivity contribution in [3.8, 4) is 5.75 Å². The molecule has 1 rings (SSSR count). The Morgan fingerprint density at radius 2 is 2.05 bits per heavy atom. The zero-order valence-corrected chi connectivity index (χ0v) is 12.8. The van der Waals surface area contributed by atoms with E-state index in [0.717, 1.165) is 0 Å². The number of halogens is 4. The van der Waals surface area contributed by atoms with E-state index in [9.17, 15) is 8.78 Å². The zero-order valence-electron chi connectivity index (χ0n) is 11.3. The van der Waals surface area contributed by atoms with Gasteiger partial charge in [-0.1, -0.05) is 23.2 Å². The molecule has 0 radical (unpaired) electrons. The van der Waals surface area contributed by atoms with Crippen LogP contribution in [0.5, 0.6) is 5.75 Å². The number of hydrogen-bond acceptors (Lipinski definition) is 2. The van der Waals surface area contributed by atoms with Gasteiger partial charge in [-0.25, -0.2) is 0 Å². The van der Waals surface area contributed by atoms with Crippen LogP contribution in [0.3, 0.4) is 0 Å². The first-order valence-corrected chi connectivity index (χ1v) is 6.41. The molecule has 0 aromatic heterocycles. The normalized spacial score (nSPS) is 11.7. The Labute approximate surface area is 126 Å². The molecule has 8 heteroatoms. The fourth-order valence-corrected chi connectivity index (χ4v) is 2.16. The summed E-state index contributed by atoms with van der Waals surface area (Å²) in [6.45, 7) is -2.76. The summed E-state index contributed by atoms with van der Waals surface area (Å²) < 4.78 is 29.3. The summed E-state index contributed by atoms with van der Waals surface area (Å²) in [7, 11) is 5.22. The van der Waals surface area contributed by atoms with Crippen molar-refractivity contribution in [1.82, 2.24) is 10.2 Å². The summed E-state index contributed by atoms with van der Waals surface area (Å²) in [5, 5.41) is 3.36. The molecule has 0 aliphatic carbocycles. The van der Waals surface area contributed by atoms with Gasteiger partial charge in [-0.05, 0) is 12.1 Å². The molecule has 1 N–H and O–H groups in total. The molecule has 1 aromatic carbocycles. The summed E-state index contributed by atoms with van der Waals surface area (Å²) >= 11 is 11.8. The topological polar surface area (TPSA) is 36.9 Å². The van der Waals surface area contributed by atoms with E-state index in [0.29, 0.717) is 16.5 Å². The van der Waals surface area contributed by atoms with E-state index >= 15 is 0 Å². The molecule has 0 spiro atoms. The molecule has 0 saturated carbocycles. The first kappa shape index (κ1) is 16.8. The second-order valence-corrected chi connectivity index (χ2v) is 4.89. The summed E-state index contributed by atoms with van der Waals surface area (Å²) in [5.41, 5.74) is 0.422. The second kappa shape index (κ2) is 7.50. The fraction of sp³-hybridized carbons (Fsp3) is 0.417.